The van der Waals surface area contributed by atoms with Crippen LogP contribution in [0.4, 0.5) is 0 Å². The van der Waals surface area contributed by atoms with Crippen molar-refractivity contribution in [3.05, 3.63) is 53.6 Å². The van der Waals surface area contributed by atoms with Gasteiger partial charge in [0.15, 0.2) is 0 Å². The normalized spacial score (nSPS) is 18.0. The molecule has 2 aromatic carbocycles. The van der Waals surface area contributed by atoms with Crippen LogP contribution in [0.3, 0.4) is 0 Å². The lowest BCUT2D eigenvalue weighted by Crippen LogP contribution is -2.25. The van der Waals surface area contributed by atoms with Crippen LogP contribution in [-0.2, 0) is 11.2 Å². The molecule has 84 valence electrons. The summed E-state index contributed by atoms with van der Waals surface area (Å²) in [4.78, 5) is 11.2. The van der Waals surface area contributed by atoms with Gasteiger partial charge in [-0.3, -0.25) is 4.79 Å². The molecule has 3 rings (SSSR count). The first-order valence-electron chi connectivity index (χ1n) is 5.73. The second-order valence-corrected chi connectivity index (χ2v) is 4.47. The van der Waals surface area contributed by atoms with Crippen LogP contribution >= 0.6 is 0 Å². The second-order valence-electron chi connectivity index (χ2n) is 4.47. The molecule has 0 spiro atoms. The van der Waals surface area contributed by atoms with Crippen LogP contribution in [0, 0.1) is 5.92 Å². The molecule has 0 aromatic heterocycles. The lowest BCUT2D eigenvalue weighted by molar-refractivity contribution is -0.120. The molecule has 0 radical (unpaired) electrons. The first kappa shape index (κ1) is 10.1. The van der Waals surface area contributed by atoms with Crippen LogP contribution in [0.5, 0.6) is 0 Å². The van der Waals surface area contributed by atoms with Gasteiger partial charge in [-0.25, -0.2) is 0 Å². The summed E-state index contributed by atoms with van der Waals surface area (Å²) in [5.74, 6) is -0.413. The number of hydrogen-bond donors (Lipinski definition) is 1. The molecule has 0 saturated carbocycles. The molecular weight excluding hydrogens is 210 g/mol. The molecule has 0 fully saturated rings. The van der Waals surface area contributed by atoms with E-state index in [1.807, 2.05) is 24.3 Å². The maximum atomic E-state index is 11.2. The molecule has 0 aliphatic heterocycles. The number of nitrogens with two attached hydrogens (primary N) is 1. The number of amides is 1. The van der Waals surface area contributed by atoms with Gasteiger partial charge in [-0.1, -0.05) is 42.5 Å². The minimum atomic E-state index is -0.250. The van der Waals surface area contributed by atoms with E-state index >= 15 is 0 Å². The largest absolute Gasteiger partial charge is 0.369 e. The third-order valence-electron chi connectivity index (χ3n) is 3.32. The third kappa shape index (κ3) is 1.72. The molecule has 0 saturated heterocycles. The van der Waals surface area contributed by atoms with E-state index in [0.29, 0.717) is 6.42 Å². The number of carbonyl (C=O) groups is 1. The van der Waals surface area contributed by atoms with E-state index in [9.17, 15) is 4.79 Å². The predicted molar refractivity (Wildman–Crippen MR) is 69.4 cm³/mol. The Hall–Kier alpha value is -2.09. The number of benzene rings is 2. The molecule has 17 heavy (non-hydrogen) atoms. The number of hydrogen-bond acceptors (Lipinski definition) is 1. The van der Waals surface area contributed by atoms with Gasteiger partial charge in [0.25, 0.3) is 0 Å². The van der Waals surface area contributed by atoms with Crippen molar-refractivity contribution in [1.29, 1.82) is 0 Å². The van der Waals surface area contributed by atoms with Gasteiger partial charge in [-0.05, 0) is 34.4 Å². The van der Waals surface area contributed by atoms with E-state index in [0.717, 1.165) is 0 Å². The molecule has 2 heteroatoms. The molecule has 1 atom stereocenters. The molecule has 0 heterocycles. The van der Waals surface area contributed by atoms with Gasteiger partial charge in [-0.15, -0.1) is 0 Å². The highest BCUT2D eigenvalue weighted by atomic mass is 16.1. The zero-order valence-corrected chi connectivity index (χ0v) is 9.39. The van der Waals surface area contributed by atoms with Gasteiger partial charge in [0.2, 0.25) is 5.91 Å². The van der Waals surface area contributed by atoms with E-state index in [1.54, 1.807) is 0 Å². The summed E-state index contributed by atoms with van der Waals surface area (Å²) in [6.45, 7) is 0. The molecule has 1 amide bonds. The Morgan fingerprint density at radius 1 is 1.18 bits per heavy atom. The standard InChI is InChI=1S/C15H13NO/c16-15(17)13-6-5-12-7-10-3-1-2-4-11(10)8-14(12)9-13/h1-8,13H,9H2,(H2,16,17). The van der Waals surface area contributed by atoms with Gasteiger partial charge in [0.1, 0.15) is 0 Å². The number of rotatable bonds is 1. The molecular formula is C15H13NO. The Balaban J connectivity index is 2.13. The summed E-state index contributed by atoms with van der Waals surface area (Å²) in [5.41, 5.74) is 7.75. The first-order chi connectivity index (χ1) is 8.24. The third-order valence-corrected chi connectivity index (χ3v) is 3.32. The smallest absolute Gasteiger partial charge is 0.224 e. The van der Waals surface area contributed by atoms with Crippen molar-refractivity contribution >= 4 is 22.8 Å². The summed E-state index contributed by atoms with van der Waals surface area (Å²) >= 11 is 0. The van der Waals surface area contributed by atoms with Crippen LogP contribution in [0.1, 0.15) is 11.1 Å². The minimum Gasteiger partial charge on any atom is -0.369 e. The minimum absolute atomic E-state index is 0.163. The number of carbonyl (C=O) groups excluding carboxylic acids is 1. The highest BCUT2D eigenvalue weighted by molar-refractivity contribution is 5.88. The van der Waals surface area contributed by atoms with Crippen molar-refractivity contribution in [3.8, 4) is 0 Å². The summed E-state index contributed by atoms with van der Waals surface area (Å²) in [7, 11) is 0. The number of fused-ring (bicyclic) bond motifs is 2. The average molecular weight is 223 g/mol. The quantitative estimate of drug-likeness (QED) is 0.793. The first-order valence-corrected chi connectivity index (χ1v) is 5.73. The van der Waals surface area contributed by atoms with Gasteiger partial charge >= 0.3 is 0 Å². The fraction of sp³-hybridized carbons (Fsp3) is 0.133. The Labute approximate surface area is 99.7 Å². The molecule has 2 aromatic rings. The van der Waals surface area contributed by atoms with Crippen LogP contribution in [0.15, 0.2) is 42.5 Å². The maximum Gasteiger partial charge on any atom is 0.224 e. The van der Waals surface area contributed by atoms with E-state index in [1.165, 1.54) is 21.9 Å². The van der Waals surface area contributed by atoms with Crippen molar-refractivity contribution in [3.63, 3.8) is 0 Å². The van der Waals surface area contributed by atoms with Crippen molar-refractivity contribution < 1.29 is 4.79 Å². The average Bonchev–Trinajstić information content (AvgIpc) is 2.35. The second kappa shape index (κ2) is 3.74. The Morgan fingerprint density at radius 2 is 1.88 bits per heavy atom. The van der Waals surface area contributed by atoms with Crippen LogP contribution in [0.2, 0.25) is 0 Å². The van der Waals surface area contributed by atoms with Crippen molar-refractivity contribution in [1.82, 2.24) is 0 Å². The molecule has 1 aliphatic carbocycles. The zero-order chi connectivity index (χ0) is 11.8. The molecule has 0 bridgehead atoms. The van der Waals surface area contributed by atoms with Crippen molar-refractivity contribution in [2.45, 2.75) is 6.42 Å². The van der Waals surface area contributed by atoms with Crippen molar-refractivity contribution in [2.75, 3.05) is 0 Å². The number of primary amides is 1. The van der Waals surface area contributed by atoms with Gasteiger partial charge < -0.3 is 5.73 Å². The summed E-state index contributed by atoms with van der Waals surface area (Å²) in [6.07, 6.45) is 4.62. The van der Waals surface area contributed by atoms with Gasteiger partial charge in [0, 0.05) is 0 Å². The maximum absolute atomic E-state index is 11.2. The van der Waals surface area contributed by atoms with Gasteiger partial charge in [0.05, 0.1) is 5.92 Å². The van der Waals surface area contributed by atoms with E-state index in [-0.39, 0.29) is 11.8 Å². The zero-order valence-electron chi connectivity index (χ0n) is 9.39. The Morgan fingerprint density at radius 3 is 2.59 bits per heavy atom. The SMILES string of the molecule is NC(=O)C1C=Cc2cc3ccccc3cc2C1. The molecule has 2 N–H and O–H groups in total. The van der Waals surface area contributed by atoms with Crippen LogP contribution in [-0.4, -0.2) is 5.91 Å². The topological polar surface area (TPSA) is 43.1 Å². The Bertz CT molecular complexity index is 628. The predicted octanol–water partition coefficient (Wildman–Crippen LogP) is 2.51. The van der Waals surface area contributed by atoms with E-state index in [4.69, 9.17) is 5.73 Å². The van der Waals surface area contributed by atoms with E-state index < -0.39 is 0 Å². The summed E-state index contributed by atoms with van der Waals surface area (Å²) in [6, 6.07) is 12.6. The Kier molecular flexibility index (Phi) is 2.22. The summed E-state index contributed by atoms with van der Waals surface area (Å²) < 4.78 is 0. The van der Waals surface area contributed by atoms with Crippen LogP contribution < -0.4 is 5.73 Å². The van der Waals surface area contributed by atoms with Gasteiger partial charge in [-0.2, -0.15) is 0 Å². The van der Waals surface area contributed by atoms with Crippen LogP contribution in [0.25, 0.3) is 16.8 Å². The fourth-order valence-corrected chi connectivity index (χ4v) is 2.36. The highest BCUT2D eigenvalue weighted by Crippen LogP contribution is 2.27. The molecule has 2 nitrogen and oxygen atoms in total. The highest BCUT2D eigenvalue weighted by Gasteiger charge is 2.18. The summed E-state index contributed by atoms with van der Waals surface area (Å²) in [5, 5.41) is 2.44. The van der Waals surface area contributed by atoms with E-state index in [2.05, 4.69) is 24.3 Å². The van der Waals surface area contributed by atoms with Crippen molar-refractivity contribution in [2.24, 2.45) is 11.7 Å². The monoisotopic (exact) mass is 223 g/mol. The lowest BCUT2D eigenvalue weighted by Gasteiger charge is -2.17. The molecule has 1 aliphatic rings. The lowest BCUT2D eigenvalue weighted by atomic mass is 9.87. The fourth-order valence-electron chi connectivity index (χ4n) is 2.36. The molecule has 1 unspecified atom stereocenters.